The number of amides is 1. The lowest BCUT2D eigenvalue weighted by molar-refractivity contribution is 0.0494. The van der Waals surface area contributed by atoms with Crippen LogP contribution in [0.25, 0.3) is 0 Å². The van der Waals surface area contributed by atoms with E-state index in [2.05, 4.69) is 11.9 Å². The molecule has 0 rings (SSSR count). The molecule has 0 saturated heterocycles. The van der Waals surface area contributed by atoms with Crippen LogP contribution in [0, 0.1) is 0 Å². The van der Waals surface area contributed by atoms with E-state index in [1.165, 1.54) is 0 Å². The van der Waals surface area contributed by atoms with Gasteiger partial charge in [-0.05, 0) is 49.8 Å². The second-order valence-corrected chi connectivity index (χ2v) is 5.30. The first-order chi connectivity index (χ1) is 6.76. The van der Waals surface area contributed by atoms with E-state index in [1.54, 1.807) is 49.4 Å². The van der Waals surface area contributed by atoms with E-state index in [0.29, 0.717) is 6.42 Å². The minimum absolute atomic E-state index is 0.378. The molecule has 0 aromatic rings. The number of carbonyl (C=O) groups is 1. The predicted molar refractivity (Wildman–Crippen MR) is 66.9 cm³/mol. The summed E-state index contributed by atoms with van der Waals surface area (Å²) in [6.07, 6.45) is 1.34. The van der Waals surface area contributed by atoms with E-state index in [9.17, 15) is 9.18 Å². The van der Waals surface area contributed by atoms with Crippen molar-refractivity contribution in [2.45, 2.75) is 43.0 Å². The number of hydrogen-bond acceptors (Lipinski definition) is 2. The molecule has 0 aliphatic heterocycles. The second-order valence-electron chi connectivity index (χ2n) is 4.11. The van der Waals surface area contributed by atoms with Crippen molar-refractivity contribution in [1.82, 2.24) is 5.32 Å². The van der Waals surface area contributed by atoms with Gasteiger partial charge >= 0.3 is 6.09 Å². The molecule has 0 aromatic carbocycles. The van der Waals surface area contributed by atoms with Crippen LogP contribution < -0.4 is 5.32 Å². The summed E-state index contributed by atoms with van der Waals surface area (Å²) >= 11 is 1.61. The third-order valence-corrected chi connectivity index (χ3v) is 2.30. The van der Waals surface area contributed by atoms with Crippen LogP contribution in [0.5, 0.6) is 0 Å². The summed E-state index contributed by atoms with van der Waals surface area (Å²) < 4.78 is 16.9. The van der Waals surface area contributed by atoms with Crippen molar-refractivity contribution in [3.8, 4) is 0 Å². The molecule has 0 heterocycles. The molecular weight excluding hydrogens is 312 g/mol. The van der Waals surface area contributed by atoms with Gasteiger partial charge in [-0.3, -0.25) is 0 Å². The van der Waals surface area contributed by atoms with Crippen molar-refractivity contribution in [2.24, 2.45) is 0 Å². The average molecular weight is 329 g/mol. The lowest BCUT2D eigenvalue weighted by Gasteiger charge is -2.23. The summed E-state index contributed by atoms with van der Waals surface area (Å²) in [6.45, 7) is 8.77. The zero-order valence-corrected chi connectivity index (χ0v) is 11.4. The highest BCUT2D eigenvalue weighted by atomic mass is 127. The smallest absolute Gasteiger partial charge is 0.408 e. The van der Waals surface area contributed by atoms with Crippen LogP contribution in [0.15, 0.2) is 12.7 Å². The zero-order chi connectivity index (χ0) is 12.1. The molecule has 2 atom stereocenters. The Labute approximate surface area is 104 Å². The van der Waals surface area contributed by atoms with Crippen molar-refractivity contribution >= 4 is 28.7 Å². The van der Waals surface area contributed by atoms with Gasteiger partial charge in [0.2, 0.25) is 0 Å². The molecule has 1 amide bonds. The van der Waals surface area contributed by atoms with Gasteiger partial charge in [0, 0.05) is 0 Å². The van der Waals surface area contributed by atoms with Crippen LogP contribution in [0.4, 0.5) is 9.18 Å². The van der Waals surface area contributed by atoms with Gasteiger partial charge in [0.1, 0.15) is 5.60 Å². The number of alkyl halides is 2. The molecule has 0 saturated carbocycles. The number of carbonyl (C=O) groups excluding carboxylic acids is 1. The lowest BCUT2D eigenvalue weighted by Crippen LogP contribution is -2.42. The minimum Gasteiger partial charge on any atom is -0.444 e. The van der Waals surface area contributed by atoms with E-state index in [1.807, 2.05) is 0 Å². The molecule has 0 fully saturated rings. The molecule has 2 unspecified atom stereocenters. The van der Waals surface area contributed by atoms with E-state index in [0.717, 1.165) is 0 Å². The summed E-state index contributed by atoms with van der Waals surface area (Å²) in [5.41, 5.74) is -0.570. The standard InChI is InChI=1S/C10H17FINO2/c1-5-6-7(8(11)12)13-9(14)15-10(2,3)4/h5,7-8H,1,6H2,2-4H3,(H,13,14). The van der Waals surface area contributed by atoms with Crippen LogP contribution in [0.1, 0.15) is 27.2 Å². The molecule has 0 bridgehead atoms. The molecule has 5 heteroatoms. The molecule has 88 valence electrons. The first kappa shape index (κ1) is 14.7. The number of alkyl carbamates (subject to hydrolysis) is 1. The Bertz CT molecular complexity index is 226. The van der Waals surface area contributed by atoms with Crippen LogP contribution in [0.2, 0.25) is 0 Å². The van der Waals surface area contributed by atoms with E-state index >= 15 is 0 Å². The Morgan fingerprint density at radius 3 is 2.53 bits per heavy atom. The fraction of sp³-hybridized carbons (Fsp3) is 0.700. The van der Waals surface area contributed by atoms with E-state index in [-0.39, 0.29) is 0 Å². The molecule has 3 nitrogen and oxygen atoms in total. The van der Waals surface area contributed by atoms with E-state index < -0.39 is 21.9 Å². The number of halogens is 2. The highest BCUT2D eigenvalue weighted by molar-refractivity contribution is 14.1. The fourth-order valence-corrected chi connectivity index (χ4v) is 1.34. The largest absolute Gasteiger partial charge is 0.444 e. The normalized spacial score (nSPS) is 15.3. The molecule has 0 spiro atoms. The average Bonchev–Trinajstić information content (AvgIpc) is 1.99. The van der Waals surface area contributed by atoms with Crippen molar-refractivity contribution in [2.75, 3.05) is 0 Å². The molecule has 1 N–H and O–H groups in total. The predicted octanol–water partition coefficient (Wildman–Crippen LogP) is 3.19. The molecular formula is C10H17FINO2. The van der Waals surface area contributed by atoms with Crippen LogP contribution >= 0.6 is 22.6 Å². The monoisotopic (exact) mass is 329 g/mol. The topological polar surface area (TPSA) is 38.3 Å². The maximum absolute atomic E-state index is 13.0. The molecule has 0 radical (unpaired) electrons. The fourth-order valence-electron chi connectivity index (χ4n) is 0.863. The van der Waals surface area contributed by atoms with Gasteiger partial charge in [0.15, 0.2) is 4.18 Å². The van der Waals surface area contributed by atoms with Gasteiger partial charge in [-0.15, -0.1) is 6.58 Å². The van der Waals surface area contributed by atoms with Crippen molar-refractivity contribution < 1.29 is 13.9 Å². The van der Waals surface area contributed by atoms with Crippen LogP contribution in [-0.4, -0.2) is 21.9 Å². The first-order valence-corrected chi connectivity index (χ1v) is 5.89. The van der Waals surface area contributed by atoms with Crippen LogP contribution in [-0.2, 0) is 4.74 Å². The van der Waals surface area contributed by atoms with Gasteiger partial charge in [-0.25, -0.2) is 9.18 Å². The molecule has 0 aliphatic rings. The first-order valence-electron chi connectivity index (χ1n) is 4.65. The Morgan fingerprint density at radius 2 is 2.20 bits per heavy atom. The van der Waals surface area contributed by atoms with Crippen molar-refractivity contribution in [1.29, 1.82) is 0 Å². The Morgan fingerprint density at radius 1 is 1.67 bits per heavy atom. The highest BCUT2D eigenvalue weighted by Crippen LogP contribution is 2.13. The van der Waals surface area contributed by atoms with Crippen molar-refractivity contribution in [3.05, 3.63) is 12.7 Å². The van der Waals surface area contributed by atoms with Crippen LogP contribution in [0.3, 0.4) is 0 Å². The summed E-state index contributed by atoms with van der Waals surface area (Å²) in [4.78, 5) is 11.3. The quantitative estimate of drug-likeness (QED) is 0.489. The van der Waals surface area contributed by atoms with Gasteiger partial charge in [-0.1, -0.05) is 6.08 Å². The third kappa shape index (κ3) is 7.58. The van der Waals surface area contributed by atoms with Gasteiger partial charge < -0.3 is 10.1 Å². The SMILES string of the molecule is C=CCC(NC(=O)OC(C)(C)C)C(F)I. The molecule has 0 aliphatic carbocycles. The second kappa shape index (κ2) is 6.30. The maximum atomic E-state index is 13.0. The summed E-state index contributed by atoms with van der Waals surface area (Å²) in [6, 6.07) is -0.585. The molecule has 0 aromatic heterocycles. The maximum Gasteiger partial charge on any atom is 0.408 e. The van der Waals surface area contributed by atoms with E-state index in [4.69, 9.17) is 4.74 Å². The van der Waals surface area contributed by atoms with Gasteiger partial charge in [0.05, 0.1) is 6.04 Å². The Kier molecular flexibility index (Phi) is 6.16. The number of hydrogen-bond donors (Lipinski definition) is 1. The summed E-state index contributed by atoms with van der Waals surface area (Å²) in [5.74, 6) is 0. The summed E-state index contributed by atoms with van der Waals surface area (Å²) in [7, 11) is 0. The third-order valence-electron chi connectivity index (χ3n) is 1.43. The lowest BCUT2D eigenvalue weighted by atomic mass is 10.2. The minimum atomic E-state index is -1.16. The Hall–Kier alpha value is -0.330. The number of rotatable bonds is 4. The highest BCUT2D eigenvalue weighted by Gasteiger charge is 2.22. The molecule has 15 heavy (non-hydrogen) atoms. The zero-order valence-electron chi connectivity index (χ0n) is 9.22. The van der Waals surface area contributed by atoms with Crippen molar-refractivity contribution in [3.63, 3.8) is 0 Å². The summed E-state index contributed by atoms with van der Waals surface area (Å²) in [5, 5.41) is 2.46. The van der Waals surface area contributed by atoms with Gasteiger partial charge in [0.25, 0.3) is 0 Å². The number of ether oxygens (including phenoxy) is 1. The van der Waals surface area contributed by atoms with Gasteiger partial charge in [-0.2, -0.15) is 0 Å². The number of nitrogens with one attached hydrogen (secondary N) is 1. The Balaban J connectivity index is 4.17.